The van der Waals surface area contributed by atoms with Gasteiger partial charge < -0.3 is 10.1 Å². The Hall–Kier alpha value is -2.37. The molecule has 2 rings (SSSR count). The second kappa shape index (κ2) is 8.56. The van der Waals surface area contributed by atoms with Crippen LogP contribution >= 0.6 is 11.6 Å². The molecule has 29 heavy (non-hydrogen) atoms. The van der Waals surface area contributed by atoms with Crippen molar-refractivity contribution in [3.8, 4) is 5.75 Å². The first-order valence-electron chi connectivity index (χ1n) is 7.82. The van der Waals surface area contributed by atoms with Gasteiger partial charge in [0.1, 0.15) is 16.5 Å². The quantitative estimate of drug-likeness (QED) is 0.674. The van der Waals surface area contributed by atoms with E-state index in [1.54, 1.807) is 0 Å². The van der Waals surface area contributed by atoms with Crippen molar-refractivity contribution < 1.29 is 35.5 Å². The Morgan fingerprint density at radius 3 is 2.45 bits per heavy atom. The molecule has 0 saturated carbocycles. The van der Waals surface area contributed by atoms with Crippen molar-refractivity contribution >= 4 is 33.2 Å². The molecular weight excluding hydrogens is 440 g/mol. The molecule has 0 radical (unpaired) electrons. The number of alkyl halides is 3. The normalized spacial score (nSPS) is 12.1. The third kappa shape index (κ3) is 5.37. The molecule has 0 aliphatic rings. The highest BCUT2D eigenvalue weighted by Gasteiger charge is 2.34. The molecule has 0 bridgehead atoms. The Morgan fingerprint density at radius 2 is 1.86 bits per heavy atom. The minimum atomic E-state index is -4.79. The van der Waals surface area contributed by atoms with E-state index in [9.17, 15) is 30.8 Å². The van der Waals surface area contributed by atoms with Gasteiger partial charge in [0.15, 0.2) is 0 Å². The molecule has 0 fully saturated rings. The monoisotopic (exact) mass is 454 g/mol. The van der Waals surface area contributed by atoms with E-state index in [-0.39, 0.29) is 10.8 Å². The minimum Gasteiger partial charge on any atom is -0.495 e. The van der Waals surface area contributed by atoms with Crippen LogP contribution in [0.1, 0.15) is 5.56 Å². The van der Waals surface area contributed by atoms with Crippen LogP contribution in [0.5, 0.6) is 5.75 Å². The van der Waals surface area contributed by atoms with Gasteiger partial charge in [-0.05, 0) is 36.4 Å². The second-order valence-corrected chi connectivity index (χ2v) is 8.24. The van der Waals surface area contributed by atoms with Gasteiger partial charge in [0.05, 0.1) is 24.9 Å². The number of rotatable bonds is 6. The van der Waals surface area contributed by atoms with Crippen LogP contribution in [-0.2, 0) is 21.0 Å². The molecule has 0 aliphatic carbocycles. The third-order valence-corrected chi connectivity index (χ3v) is 5.80. The maximum atomic E-state index is 13.5. The zero-order valence-corrected chi connectivity index (χ0v) is 16.6. The third-order valence-electron chi connectivity index (χ3n) is 3.74. The number of nitrogens with zero attached hydrogens (tertiary/aromatic N) is 1. The molecule has 0 spiro atoms. The zero-order valence-electron chi connectivity index (χ0n) is 15.0. The van der Waals surface area contributed by atoms with Crippen LogP contribution < -0.4 is 10.1 Å². The van der Waals surface area contributed by atoms with Gasteiger partial charge in [0.25, 0.3) is 0 Å². The van der Waals surface area contributed by atoms with E-state index in [1.807, 2.05) is 5.32 Å². The largest absolute Gasteiger partial charge is 0.495 e. The average molecular weight is 455 g/mol. The van der Waals surface area contributed by atoms with Gasteiger partial charge in [0.2, 0.25) is 15.9 Å². The lowest BCUT2D eigenvalue weighted by molar-refractivity contribution is -0.137. The highest BCUT2D eigenvalue weighted by Crippen LogP contribution is 2.36. The summed E-state index contributed by atoms with van der Waals surface area (Å²) in [6.07, 6.45) is -4.79. The highest BCUT2D eigenvalue weighted by atomic mass is 35.5. The van der Waals surface area contributed by atoms with Crippen LogP contribution in [0.2, 0.25) is 5.02 Å². The standard InChI is InChI=1S/C17H15ClF4N2O4S/c1-24(29(26,27)15-8-11(19)4-6-14(15)28-2)9-16(25)23-13-5-3-10(18)7-12(13)17(20,21)22/h3-8H,9H2,1-2H3,(H,23,25). The summed E-state index contributed by atoms with van der Waals surface area (Å²) in [6.45, 7) is -0.831. The summed E-state index contributed by atoms with van der Waals surface area (Å²) in [6, 6.07) is 5.53. The maximum Gasteiger partial charge on any atom is 0.418 e. The number of hydrogen-bond acceptors (Lipinski definition) is 4. The van der Waals surface area contributed by atoms with Gasteiger partial charge in [-0.15, -0.1) is 0 Å². The minimum absolute atomic E-state index is 0.157. The molecule has 6 nitrogen and oxygen atoms in total. The maximum absolute atomic E-state index is 13.5. The van der Waals surface area contributed by atoms with Crippen LogP contribution in [0, 0.1) is 5.82 Å². The van der Waals surface area contributed by atoms with E-state index in [4.69, 9.17) is 16.3 Å². The lowest BCUT2D eigenvalue weighted by atomic mass is 10.1. The van der Waals surface area contributed by atoms with Crippen molar-refractivity contribution in [2.24, 2.45) is 0 Å². The summed E-state index contributed by atoms with van der Waals surface area (Å²) in [5.41, 5.74) is -1.77. The van der Waals surface area contributed by atoms with Crippen molar-refractivity contribution in [1.82, 2.24) is 4.31 Å². The number of nitrogens with one attached hydrogen (secondary N) is 1. The van der Waals surface area contributed by atoms with E-state index in [1.165, 1.54) is 7.11 Å². The molecule has 0 heterocycles. The Balaban J connectivity index is 2.25. The van der Waals surface area contributed by atoms with Gasteiger partial charge in [-0.3, -0.25) is 4.79 Å². The Kier molecular flexibility index (Phi) is 6.76. The van der Waals surface area contributed by atoms with Crippen molar-refractivity contribution in [3.05, 3.63) is 52.8 Å². The molecule has 12 heteroatoms. The van der Waals surface area contributed by atoms with Crippen molar-refractivity contribution in [3.63, 3.8) is 0 Å². The number of carbonyl (C=O) groups is 1. The van der Waals surface area contributed by atoms with E-state index in [2.05, 4.69) is 0 Å². The number of carbonyl (C=O) groups excluding carboxylic acids is 1. The molecule has 158 valence electrons. The number of anilines is 1. The second-order valence-electron chi connectivity index (χ2n) is 5.79. The average Bonchev–Trinajstić information content (AvgIpc) is 2.62. The number of amides is 1. The van der Waals surface area contributed by atoms with Gasteiger partial charge >= 0.3 is 6.18 Å². The molecule has 0 saturated heterocycles. The van der Waals surface area contributed by atoms with Gasteiger partial charge in [-0.25, -0.2) is 12.8 Å². The number of likely N-dealkylation sites (N-methyl/N-ethyl adjacent to an activating group) is 1. The number of ether oxygens (including phenoxy) is 1. The molecule has 0 aliphatic heterocycles. The van der Waals surface area contributed by atoms with Crippen molar-refractivity contribution in [2.75, 3.05) is 26.0 Å². The number of sulfonamides is 1. The molecule has 0 atom stereocenters. The number of hydrogen-bond donors (Lipinski definition) is 1. The summed E-state index contributed by atoms with van der Waals surface area (Å²) in [4.78, 5) is 11.6. The molecule has 2 aromatic carbocycles. The lowest BCUT2D eigenvalue weighted by Gasteiger charge is -2.19. The van der Waals surface area contributed by atoms with Crippen molar-refractivity contribution in [1.29, 1.82) is 0 Å². The summed E-state index contributed by atoms with van der Waals surface area (Å²) in [5, 5.41) is 1.82. The van der Waals surface area contributed by atoms with Crippen LogP contribution in [0.3, 0.4) is 0 Å². The predicted molar refractivity (Wildman–Crippen MR) is 97.9 cm³/mol. The molecule has 1 amide bonds. The van der Waals surface area contributed by atoms with Crippen LogP contribution in [0.4, 0.5) is 23.2 Å². The topological polar surface area (TPSA) is 75.7 Å². The fraction of sp³-hybridized carbons (Fsp3) is 0.235. The van der Waals surface area contributed by atoms with Gasteiger partial charge in [-0.1, -0.05) is 11.6 Å². The summed E-state index contributed by atoms with van der Waals surface area (Å²) >= 11 is 5.57. The Labute approximate surface area is 169 Å². The molecule has 0 aromatic heterocycles. The van der Waals surface area contributed by atoms with E-state index >= 15 is 0 Å². The zero-order chi connectivity index (χ0) is 22.0. The number of methoxy groups -OCH3 is 1. The van der Waals surface area contributed by atoms with E-state index < -0.39 is 50.6 Å². The van der Waals surface area contributed by atoms with Crippen LogP contribution in [0.15, 0.2) is 41.3 Å². The number of benzene rings is 2. The number of halogens is 5. The predicted octanol–water partition coefficient (Wildman–Crippen LogP) is 3.77. The van der Waals surface area contributed by atoms with Crippen LogP contribution in [0.25, 0.3) is 0 Å². The van der Waals surface area contributed by atoms with E-state index in [0.717, 1.165) is 31.3 Å². The fourth-order valence-corrected chi connectivity index (χ4v) is 3.82. The van der Waals surface area contributed by atoms with Gasteiger partial charge in [0, 0.05) is 12.1 Å². The molecule has 2 aromatic rings. The first kappa shape index (κ1) is 22.9. The van der Waals surface area contributed by atoms with Crippen LogP contribution in [-0.4, -0.2) is 39.3 Å². The van der Waals surface area contributed by atoms with Gasteiger partial charge in [-0.2, -0.15) is 17.5 Å². The van der Waals surface area contributed by atoms with Crippen molar-refractivity contribution in [2.45, 2.75) is 11.1 Å². The SMILES string of the molecule is COc1ccc(F)cc1S(=O)(=O)N(C)CC(=O)Nc1ccc(Cl)cc1C(F)(F)F. The summed E-state index contributed by atoms with van der Waals surface area (Å²) in [5.74, 6) is -2.05. The Morgan fingerprint density at radius 1 is 1.21 bits per heavy atom. The van der Waals surface area contributed by atoms with E-state index in [0.29, 0.717) is 16.4 Å². The summed E-state index contributed by atoms with van der Waals surface area (Å²) in [7, 11) is -2.17. The fourth-order valence-electron chi connectivity index (χ4n) is 2.36. The lowest BCUT2D eigenvalue weighted by Crippen LogP contribution is -2.35. The summed E-state index contributed by atoms with van der Waals surface area (Å²) < 4.78 is 83.5. The Bertz CT molecular complexity index is 1030. The first-order valence-corrected chi connectivity index (χ1v) is 9.64. The first-order chi connectivity index (χ1) is 13.4. The molecule has 0 unspecified atom stereocenters. The smallest absolute Gasteiger partial charge is 0.418 e. The molecule has 1 N–H and O–H groups in total. The molecular formula is C17H15ClF4N2O4S. The highest BCUT2D eigenvalue weighted by molar-refractivity contribution is 7.89.